The molecule has 0 bridgehead atoms. The Kier molecular flexibility index (Phi) is 6.44. The Bertz CT molecular complexity index is 788. The van der Waals surface area contributed by atoms with Gasteiger partial charge in [0.1, 0.15) is 0 Å². The molecule has 0 aromatic heterocycles. The standard InChI is InChI=1S/C21H18Cl2OS/c22-18-10-6-16(7-11-18)20(24)21(17-8-12-19(23)13-9-17)25-14-15-4-2-1-3-5-15/h1-13,20-21,24H,14H2/t20-,21-/m1/s1. The molecule has 0 spiro atoms. The zero-order chi connectivity index (χ0) is 17.6. The van der Waals surface area contributed by atoms with Gasteiger partial charge < -0.3 is 5.11 Å². The molecule has 4 heteroatoms. The second-order valence-corrected chi connectivity index (χ2v) is 7.77. The molecule has 0 aliphatic heterocycles. The number of halogens is 2. The molecule has 0 heterocycles. The van der Waals surface area contributed by atoms with Crippen molar-refractivity contribution in [2.24, 2.45) is 0 Å². The van der Waals surface area contributed by atoms with Gasteiger partial charge >= 0.3 is 0 Å². The lowest BCUT2D eigenvalue weighted by molar-refractivity contribution is 0.175. The molecule has 0 aliphatic rings. The van der Waals surface area contributed by atoms with E-state index in [9.17, 15) is 5.11 Å². The van der Waals surface area contributed by atoms with E-state index in [1.54, 1.807) is 23.9 Å². The molecule has 0 aliphatic carbocycles. The molecule has 3 rings (SSSR count). The van der Waals surface area contributed by atoms with Gasteiger partial charge in [0, 0.05) is 15.8 Å². The second kappa shape index (κ2) is 8.77. The maximum Gasteiger partial charge on any atom is 0.0949 e. The summed E-state index contributed by atoms with van der Waals surface area (Å²) >= 11 is 13.7. The van der Waals surface area contributed by atoms with E-state index in [0.717, 1.165) is 16.9 Å². The molecule has 1 N–H and O–H groups in total. The highest BCUT2D eigenvalue weighted by molar-refractivity contribution is 7.98. The summed E-state index contributed by atoms with van der Waals surface area (Å²) in [6.07, 6.45) is -0.632. The summed E-state index contributed by atoms with van der Waals surface area (Å²) in [7, 11) is 0. The van der Waals surface area contributed by atoms with Crippen molar-refractivity contribution in [2.45, 2.75) is 17.1 Å². The fraction of sp³-hybridized carbons (Fsp3) is 0.143. The van der Waals surface area contributed by atoms with Crippen molar-refractivity contribution in [1.82, 2.24) is 0 Å². The van der Waals surface area contributed by atoms with Crippen LogP contribution in [0.5, 0.6) is 0 Å². The van der Waals surface area contributed by atoms with Crippen molar-refractivity contribution >= 4 is 35.0 Å². The molecule has 25 heavy (non-hydrogen) atoms. The number of hydrogen-bond donors (Lipinski definition) is 1. The second-order valence-electron chi connectivity index (χ2n) is 5.77. The Labute approximate surface area is 162 Å². The van der Waals surface area contributed by atoms with Crippen molar-refractivity contribution in [1.29, 1.82) is 0 Å². The molecular formula is C21H18Cl2OS. The van der Waals surface area contributed by atoms with Crippen molar-refractivity contribution in [3.8, 4) is 0 Å². The Hall–Kier alpha value is -1.45. The van der Waals surface area contributed by atoms with Crippen LogP contribution < -0.4 is 0 Å². The smallest absolute Gasteiger partial charge is 0.0949 e. The van der Waals surface area contributed by atoms with Gasteiger partial charge in [0.25, 0.3) is 0 Å². The number of aliphatic hydroxyl groups excluding tert-OH is 1. The van der Waals surface area contributed by atoms with Gasteiger partial charge in [-0.1, -0.05) is 77.8 Å². The number of rotatable bonds is 6. The van der Waals surface area contributed by atoms with Gasteiger partial charge in [-0.25, -0.2) is 0 Å². The zero-order valence-corrected chi connectivity index (χ0v) is 15.8. The van der Waals surface area contributed by atoms with E-state index >= 15 is 0 Å². The summed E-state index contributed by atoms with van der Waals surface area (Å²) in [6, 6.07) is 25.3. The Morgan fingerprint density at radius 2 is 1.24 bits per heavy atom. The van der Waals surface area contributed by atoms with Gasteiger partial charge in [-0.15, -0.1) is 11.8 Å². The van der Waals surface area contributed by atoms with Crippen LogP contribution in [0.3, 0.4) is 0 Å². The topological polar surface area (TPSA) is 20.2 Å². The molecule has 3 aromatic rings. The van der Waals surface area contributed by atoms with E-state index in [0.29, 0.717) is 10.0 Å². The average Bonchev–Trinajstić information content (AvgIpc) is 2.64. The van der Waals surface area contributed by atoms with Crippen molar-refractivity contribution in [2.75, 3.05) is 0 Å². The third kappa shape index (κ3) is 5.02. The van der Waals surface area contributed by atoms with Crippen LogP contribution in [0.15, 0.2) is 78.9 Å². The molecule has 1 nitrogen and oxygen atoms in total. The zero-order valence-electron chi connectivity index (χ0n) is 13.5. The molecule has 0 amide bonds. The molecule has 0 fully saturated rings. The minimum Gasteiger partial charge on any atom is -0.387 e. The van der Waals surface area contributed by atoms with E-state index in [2.05, 4.69) is 12.1 Å². The first kappa shape index (κ1) is 18.3. The fourth-order valence-electron chi connectivity index (χ4n) is 2.62. The first-order chi connectivity index (χ1) is 12.1. The Morgan fingerprint density at radius 3 is 1.80 bits per heavy atom. The van der Waals surface area contributed by atoms with Gasteiger partial charge in [0.2, 0.25) is 0 Å². The monoisotopic (exact) mass is 388 g/mol. The average molecular weight is 389 g/mol. The summed E-state index contributed by atoms with van der Waals surface area (Å²) in [6.45, 7) is 0. The van der Waals surface area contributed by atoms with Crippen molar-refractivity contribution in [3.63, 3.8) is 0 Å². The van der Waals surface area contributed by atoms with Crippen LogP contribution in [0.4, 0.5) is 0 Å². The molecule has 0 saturated carbocycles. The maximum atomic E-state index is 11.0. The molecule has 3 aromatic carbocycles. The summed E-state index contributed by atoms with van der Waals surface area (Å²) in [5.74, 6) is 0.818. The van der Waals surface area contributed by atoms with Crippen LogP contribution >= 0.6 is 35.0 Å². The highest BCUT2D eigenvalue weighted by atomic mass is 35.5. The number of benzene rings is 3. The van der Waals surface area contributed by atoms with Crippen LogP contribution in [0, 0.1) is 0 Å². The fourth-order valence-corrected chi connectivity index (χ4v) is 4.12. The van der Waals surface area contributed by atoms with E-state index < -0.39 is 6.10 Å². The third-order valence-electron chi connectivity index (χ3n) is 3.97. The van der Waals surface area contributed by atoms with Crippen LogP contribution in [-0.4, -0.2) is 5.11 Å². The molecule has 0 radical (unpaired) electrons. The summed E-state index contributed by atoms with van der Waals surface area (Å²) in [4.78, 5) is 0. The summed E-state index contributed by atoms with van der Waals surface area (Å²) in [5.41, 5.74) is 3.13. The van der Waals surface area contributed by atoms with Crippen LogP contribution in [0.1, 0.15) is 28.0 Å². The highest BCUT2D eigenvalue weighted by Crippen LogP contribution is 2.42. The van der Waals surface area contributed by atoms with E-state index in [1.807, 2.05) is 54.6 Å². The van der Waals surface area contributed by atoms with Gasteiger partial charge in [0.05, 0.1) is 11.4 Å². The first-order valence-corrected chi connectivity index (χ1v) is 9.78. The van der Waals surface area contributed by atoms with Crippen molar-refractivity contribution < 1.29 is 5.11 Å². The van der Waals surface area contributed by atoms with Gasteiger partial charge in [-0.05, 0) is 41.0 Å². The van der Waals surface area contributed by atoms with Crippen LogP contribution in [-0.2, 0) is 5.75 Å². The largest absolute Gasteiger partial charge is 0.387 e. The molecule has 2 atom stereocenters. The highest BCUT2D eigenvalue weighted by Gasteiger charge is 2.23. The van der Waals surface area contributed by atoms with Crippen molar-refractivity contribution in [3.05, 3.63) is 106 Å². The number of hydrogen-bond acceptors (Lipinski definition) is 2. The van der Waals surface area contributed by atoms with Crippen LogP contribution in [0.25, 0.3) is 0 Å². The maximum absolute atomic E-state index is 11.0. The van der Waals surface area contributed by atoms with E-state index in [4.69, 9.17) is 23.2 Å². The normalized spacial score (nSPS) is 13.4. The molecular weight excluding hydrogens is 371 g/mol. The predicted molar refractivity (Wildman–Crippen MR) is 108 cm³/mol. The lowest BCUT2D eigenvalue weighted by Gasteiger charge is -2.24. The minimum atomic E-state index is -0.632. The SMILES string of the molecule is O[C@H](c1ccc(Cl)cc1)[C@H](SCc1ccccc1)c1ccc(Cl)cc1. The molecule has 0 unspecified atom stereocenters. The third-order valence-corrected chi connectivity index (χ3v) is 5.86. The lowest BCUT2D eigenvalue weighted by Crippen LogP contribution is -2.08. The first-order valence-electron chi connectivity index (χ1n) is 7.98. The van der Waals surface area contributed by atoms with E-state index in [-0.39, 0.29) is 5.25 Å². The number of thioether (sulfide) groups is 1. The Morgan fingerprint density at radius 1 is 0.720 bits per heavy atom. The molecule has 0 saturated heterocycles. The lowest BCUT2D eigenvalue weighted by atomic mass is 10.0. The quantitative estimate of drug-likeness (QED) is 0.506. The van der Waals surface area contributed by atoms with Gasteiger partial charge in [0.15, 0.2) is 0 Å². The summed E-state index contributed by atoms with van der Waals surface area (Å²) in [5, 5.41) is 12.2. The van der Waals surface area contributed by atoms with Gasteiger partial charge in [-0.2, -0.15) is 0 Å². The minimum absolute atomic E-state index is 0.0985. The summed E-state index contributed by atoms with van der Waals surface area (Å²) < 4.78 is 0. The van der Waals surface area contributed by atoms with Crippen LogP contribution in [0.2, 0.25) is 10.0 Å². The molecule has 128 valence electrons. The predicted octanol–water partition coefficient (Wildman–Crippen LogP) is 6.70. The van der Waals surface area contributed by atoms with Gasteiger partial charge in [-0.3, -0.25) is 0 Å². The van der Waals surface area contributed by atoms with E-state index in [1.165, 1.54) is 5.56 Å². The Balaban J connectivity index is 1.85. The number of aliphatic hydroxyl groups is 1.